The fraction of sp³-hybridized carbons (Fsp3) is 0.150. The number of ether oxygens (including phenoxy) is 1. The van der Waals surface area contributed by atoms with Crippen molar-refractivity contribution in [1.82, 2.24) is 4.98 Å². The van der Waals surface area contributed by atoms with E-state index in [1.54, 1.807) is 61.7 Å². The Morgan fingerprint density at radius 1 is 1.07 bits per heavy atom. The number of carbonyl (C=O) groups excluding carboxylic acids is 2. The molecule has 8 heteroatoms. The number of rotatable bonds is 7. The molecular weight excluding hydrogens is 419 g/mol. The van der Waals surface area contributed by atoms with Crippen LogP contribution in [0.4, 0.5) is 5.69 Å². The number of Topliss-reactive ketones (excluding diaryl/α,β-unsaturated/α-hetero) is 1. The van der Waals surface area contributed by atoms with Crippen LogP contribution in [0.5, 0.6) is 0 Å². The van der Waals surface area contributed by atoms with Gasteiger partial charge in [0.25, 0.3) is 0 Å². The van der Waals surface area contributed by atoms with E-state index in [0.717, 1.165) is 10.6 Å². The van der Waals surface area contributed by atoms with E-state index in [-0.39, 0.29) is 5.78 Å². The molecule has 0 aliphatic carbocycles. The minimum Gasteiger partial charge on any atom is -0.451 e. The van der Waals surface area contributed by atoms with Gasteiger partial charge in [-0.3, -0.25) is 4.79 Å². The molecule has 28 heavy (non-hydrogen) atoms. The van der Waals surface area contributed by atoms with Crippen molar-refractivity contribution in [3.8, 4) is 0 Å². The zero-order valence-electron chi connectivity index (χ0n) is 14.8. The number of hydrogen-bond donors (Lipinski definition) is 1. The van der Waals surface area contributed by atoms with Gasteiger partial charge in [0.1, 0.15) is 0 Å². The van der Waals surface area contributed by atoms with E-state index in [1.165, 1.54) is 11.3 Å². The number of carbonyl (C=O) groups is 2. The lowest BCUT2D eigenvalue weighted by Crippen LogP contribution is -2.24. The largest absolute Gasteiger partial charge is 0.451 e. The molecule has 3 aromatic rings. The molecule has 0 bridgehead atoms. The van der Waals surface area contributed by atoms with E-state index in [4.69, 9.17) is 27.9 Å². The zero-order chi connectivity index (χ0) is 20.1. The van der Waals surface area contributed by atoms with Gasteiger partial charge >= 0.3 is 5.97 Å². The smallest absolute Gasteiger partial charge is 0.338 e. The number of benzene rings is 2. The third-order valence-electron chi connectivity index (χ3n) is 3.89. The van der Waals surface area contributed by atoms with E-state index in [1.807, 2.05) is 0 Å². The molecule has 144 valence electrons. The fourth-order valence-electron chi connectivity index (χ4n) is 2.41. The van der Waals surface area contributed by atoms with Gasteiger partial charge in [-0.05, 0) is 55.5 Å². The predicted octanol–water partition coefficient (Wildman–Crippen LogP) is 5.49. The van der Waals surface area contributed by atoms with Crippen LogP contribution < -0.4 is 5.32 Å². The summed E-state index contributed by atoms with van der Waals surface area (Å²) in [7, 11) is 0. The van der Waals surface area contributed by atoms with Gasteiger partial charge in [-0.15, -0.1) is 11.3 Å². The second-order valence-corrected chi connectivity index (χ2v) is 8.06. The number of halogens is 2. The highest BCUT2D eigenvalue weighted by atomic mass is 35.5. The number of ketones is 1. The Kier molecular flexibility index (Phi) is 6.67. The number of aromatic nitrogens is 1. The molecule has 1 heterocycles. The fourth-order valence-corrected chi connectivity index (χ4v) is 3.45. The van der Waals surface area contributed by atoms with E-state index >= 15 is 0 Å². The molecule has 1 unspecified atom stereocenters. The molecule has 0 spiro atoms. The van der Waals surface area contributed by atoms with Gasteiger partial charge in [-0.2, -0.15) is 0 Å². The molecule has 0 aliphatic heterocycles. The van der Waals surface area contributed by atoms with Crippen molar-refractivity contribution in [3.63, 3.8) is 0 Å². The lowest BCUT2D eigenvalue weighted by Gasteiger charge is -2.13. The van der Waals surface area contributed by atoms with Crippen LogP contribution in [0.15, 0.2) is 54.7 Å². The van der Waals surface area contributed by atoms with Gasteiger partial charge in [-0.1, -0.05) is 23.2 Å². The highest BCUT2D eigenvalue weighted by Gasteiger charge is 2.20. The zero-order valence-corrected chi connectivity index (χ0v) is 17.1. The molecule has 2 aromatic carbocycles. The molecule has 0 saturated carbocycles. The summed E-state index contributed by atoms with van der Waals surface area (Å²) in [4.78, 5) is 29.6. The van der Waals surface area contributed by atoms with Crippen LogP contribution in [-0.4, -0.2) is 22.8 Å². The number of thiazole rings is 1. The van der Waals surface area contributed by atoms with Crippen LogP contribution in [0.25, 0.3) is 0 Å². The van der Waals surface area contributed by atoms with Gasteiger partial charge in [0.15, 0.2) is 10.6 Å². The van der Waals surface area contributed by atoms with Gasteiger partial charge < -0.3 is 10.1 Å². The number of esters is 1. The third-order valence-corrected chi connectivity index (χ3v) is 5.26. The number of anilines is 1. The summed E-state index contributed by atoms with van der Waals surface area (Å²) in [5.74, 6) is -0.845. The van der Waals surface area contributed by atoms with E-state index in [0.29, 0.717) is 27.2 Å². The van der Waals surface area contributed by atoms with Crippen molar-refractivity contribution >= 4 is 52.0 Å². The number of hydrogen-bond acceptors (Lipinski definition) is 6. The van der Waals surface area contributed by atoms with Crippen LogP contribution in [-0.2, 0) is 11.3 Å². The normalized spacial score (nSPS) is 11.7. The minimum atomic E-state index is -0.900. The van der Waals surface area contributed by atoms with Gasteiger partial charge in [0.2, 0.25) is 5.78 Å². The quantitative estimate of drug-likeness (QED) is 0.393. The summed E-state index contributed by atoms with van der Waals surface area (Å²) in [5, 5.41) is 3.76. The second kappa shape index (κ2) is 9.19. The van der Waals surface area contributed by atoms with Gasteiger partial charge in [0, 0.05) is 27.3 Å². The van der Waals surface area contributed by atoms with Crippen LogP contribution in [0.3, 0.4) is 0 Å². The molecule has 0 amide bonds. The van der Waals surface area contributed by atoms with Gasteiger partial charge in [-0.25, -0.2) is 9.78 Å². The maximum Gasteiger partial charge on any atom is 0.338 e. The summed E-state index contributed by atoms with van der Waals surface area (Å²) in [5.41, 5.74) is 1.64. The summed E-state index contributed by atoms with van der Waals surface area (Å²) in [6.07, 6.45) is 0.813. The lowest BCUT2D eigenvalue weighted by molar-refractivity contribution is 0.0319. The monoisotopic (exact) mass is 434 g/mol. The second-order valence-electron chi connectivity index (χ2n) is 5.93. The van der Waals surface area contributed by atoms with E-state index < -0.39 is 12.1 Å². The Balaban J connectivity index is 1.56. The summed E-state index contributed by atoms with van der Waals surface area (Å²) < 4.78 is 5.79. The summed E-state index contributed by atoms with van der Waals surface area (Å²) >= 11 is 13.0. The highest BCUT2D eigenvalue weighted by Crippen LogP contribution is 2.20. The molecule has 1 atom stereocenters. The van der Waals surface area contributed by atoms with Crippen molar-refractivity contribution < 1.29 is 14.3 Å². The van der Waals surface area contributed by atoms with Crippen molar-refractivity contribution in [3.05, 3.63) is 80.2 Å². The Labute approximate surface area is 176 Å². The third kappa shape index (κ3) is 5.32. The molecule has 3 rings (SSSR count). The average Bonchev–Trinajstić information content (AvgIpc) is 3.12. The van der Waals surface area contributed by atoms with Crippen molar-refractivity contribution in [2.75, 3.05) is 5.32 Å². The predicted molar refractivity (Wildman–Crippen MR) is 112 cm³/mol. The molecule has 0 saturated heterocycles. The summed E-state index contributed by atoms with van der Waals surface area (Å²) in [6, 6.07) is 13.3. The summed E-state index contributed by atoms with van der Waals surface area (Å²) in [6.45, 7) is 2.13. The molecule has 1 N–H and O–H groups in total. The van der Waals surface area contributed by atoms with E-state index in [2.05, 4.69) is 10.3 Å². The van der Waals surface area contributed by atoms with Crippen LogP contribution in [0.1, 0.15) is 32.5 Å². The SMILES string of the molecule is CC(OC(=O)c1ccc(NCc2cnc(Cl)s2)cc1)C(=O)c1ccc(Cl)cc1. The average molecular weight is 435 g/mol. The number of nitrogens with zero attached hydrogens (tertiary/aromatic N) is 1. The van der Waals surface area contributed by atoms with Crippen LogP contribution in [0, 0.1) is 0 Å². The molecule has 0 radical (unpaired) electrons. The molecular formula is C20H16Cl2N2O3S. The molecule has 0 fully saturated rings. The maximum atomic E-state index is 12.4. The Morgan fingerprint density at radius 3 is 2.32 bits per heavy atom. The molecule has 0 aliphatic rings. The number of nitrogens with one attached hydrogen (secondary N) is 1. The Morgan fingerprint density at radius 2 is 1.71 bits per heavy atom. The lowest BCUT2D eigenvalue weighted by atomic mass is 10.1. The van der Waals surface area contributed by atoms with Crippen molar-refractivity contribution in [2.24, 2.45) is 0 Å². The van der Waals surface area contributed by atoms with Crippen LogP contribution in [0.2, 0.25) is 9.49 Å². The first-order valence-corrected chi connectivity index (χ1v) is 9.94. The molecule has 5 nitrogen and oxygen atoms in total. The van der Waals surface area contributed by atoms with Crippen molar-refractivity contribution in [1.29, 1.82) is 0 Å². The minimum absolute atomic E-state index is 0.286. The first-order chi connectivity index (χ1) is 13.4. The maximum absolute atomic E-state index is 12.4. The Hall–Kier alpha value is -2.41. The first kappa shape index (κ1) is 20.3. The first-order valence-electron chi connectivity index (χ1n) is 8.37. The topological polar surface area (TPSA) is 68.3 Å². The Bertz CT molecular complexity index is 972. The molecule has 1 aromatic heterocycles. The van der Waals surface area contributed by atoms with Gasteiger partial charge in [0.05, 0.1) is 12.1 Å². The standard InChI is InChI=1S/C20H16Cl2N2O3S/c1-12(18(25)13-2-6-15(21)7-3-13)27-19(26)14-4-8-16(9-5-14)23-10-17-11-24-20(22)28-17/h2-9,11-12,23H,10H2,1H3. The van der Waals surface area contributed by atoms with Crippen LogP contribution >= 0.6 is 34.5 Å². The highest BCUT2D eigenvalue weighted by molar-refractivity contribution is 7.15. The van der Waals surface area contributed by atoms with E-state index in [9.17, 15) is 9.59 Å². The van der Waals surface area contributed by atoms with Crippen molar-refractivity contribution in [2.45, 2.75) is 19.6 Å².